The maximum absolute atomic E-state index is 13.1. The summed E-state index contributed by atoms with van der Waals surface area (Å²) in [6, 6.07) is 7.18. The van der Waals surface area contributed by atoms with Gasteiger partial charge >= 0.3 is 11.9 Å². The fourth-order valence-corrected chi connectivity index (χ4v) is 5.12. The molecule has 10 heteroatoms. The molecule has 1 saturated heterocycles. The molecule has 4 rings (SSSR count). The van der Waals surface area contributed by atoms with Crippen molar-refractivity contribution in [3.8, 4) is 28.7 Å². The number of methoxy groups -OCH3 is 5. The Hall–Kier alpha value is -3.33. The fraction of sp³-hybridized carbons (Fsp3) is 0.440. The van der Waals surface area contributed by atoms with Crippen LogP contribution in [-0.4, -0.2) is 60.0 Å². The molecule has 9 nitrogen and oxygen atoms in total. The van der Waals surface area contributed by atoms with E-state index in [1.807, 2.05) is 0 Å². The van der Waals surface area contributed by atoms with Gasteiger partial charge in [-0.1, -0.05) is 0 Å². The number of alkyl halides is 1. The van der Waals surface area contributed by atoms with Gasteiger partial charge < -0.3 is 33.2 Å². The molecular formula is C25H27ClO9. The van der Waals surface area contributed by atoms with E-state index in [2.05, 4.69) is 0 Å². The van der Waals surface area contributed by atoms with Crippen molar-refractivity contribution in [2.45, 2.75) is 12.0 Å². The molecule has 0 unspecified atom stereocenters. The summed E-state index contributed by atoms with van der Waals surface area (Å²) in [7, 11) is 7.62. The number of carbonyl (C=O) groups excluding carboxylic acids is 2. The maximum atomic E-state index is 13.1. The number of ether oxygens (including phenoxy) is 7. The molecular weight excluding hydrogens is 480 g/mol. The Balaban J connectivity index is 1.99. The molecule has 2 aromatic carbocycles. The van der Waals surface area contributed by atoms with Crippen LogP contribution in [0.2, 0.25) is 0 Å². The molecule has 35 heavy (non-hydrogen) atoms. The Kier molecular flexibility index (Phi) is 7.16. The number of hydrogen-bond donors (Lipinski definition) is 0. The standard InChI is InChI=1S/C25H27ClO9/c1-29-16-8-13-14(9-17(16)30-2)23(35-20(27)10-26)15-11-34-25(28)22(15)21(13)12-6-18(31-3)24(33-5)19(7-12)32-4/h6-9,15,21-23H,10-11H2,1-5H3/t15-,21+,22-,23-/m0/s1. The summed E-state index contributed by atoms with van der Waals surface area (Å²) >= 11 is 5.74. The lowest BCUT2D eigenvalue weighted by molar-refractivity contribution is -0.151. The SMILES string of the molecule is COc1cc2c(cc1OC)[C@H](OC(=O)CCl)[C@H]1COC(=O)[C@@H]1[C@@H]2c1cc(OC)c(OC)c(OC)c1. The summed E-state index contributed by atoms with van der Waals surface area (Å²) < 4.78 is 38.9. The van der Waals surface area contributed by atoms with Crippen LogP contribution in [0, 0.1) is 11.8 Å². The predicted molar refractivity (Wildman–Crippen MR) is 125 cm³/mol. The first-order valence-electron chi connectivity index (χ1n) is 10.9. The summed E-state index contributed by atoms with van der Waals surface area (Å²) in [4.78, 5) is 25.3. The average molecular weight is 507 g/mol. The van der Waals surface area contributed by atoms with Crippen LogP contribution in [-0.2, 0) is 19.1 Å². The van der Waals surface area contributed by atoms with Crippen LogP contribution >= 0.6 is 11.6 Å². The Bertz CT molecular complexity index is 1110. The Morgan fingerprint density at radius 2 is 1.46 bits per heavy atom. The first-order valence-corrected chi connectivity index (χ1v) is 11.4. The Morgan fingerprint density at radius 3 is 1.97 bits per heavy atom. The molecule has 1 heterocycles. The zero-order valence-corrected chi connectivity index (χ0v) is 20.8. The van der Waals surface area contributed by atoms with Crippen LogP contribution in [0.15, 0.2) is 24.3 Å². The summed E-state index contributed by atoms with van der Waals surface area (Å²) in [5, 5.41) is 0. The molecule has 188 valence electrons. The molecule has 1 aliphatic carbocycles. The summed E-state index contributed by atoms with van der Waals surface area (Å²) in [5.41, 5.74) is 2.15. The highest BCUT2D eigenvalue weighted by molar-refractivity contribution is 6.26. The number of fused-ring (bicyclic) bond motifs is 2. The average Bonchev–Trinajstić information content (AvgIpc) is 3.27. The van der Waals surface area contributed by atoms with Gasteiger partial charge in [-0.3, -0.25) is 9.59 Å². The number of halogens is 1. The molecule has 0 spiro atoms. The highest BCUT2D eigenvalue weighted by atomic mass is 35.5. The van der Waals surface area contributed by atoms with E-state index in [-0.39, 0.29) is 18.5 Å². The lowest BCUT2D eigenvalue weighted by atomic mass is 9.66. The van der Waals surface area contributed by atoms with Crippen LogP contribution in [0.1, 0.15) is 28.7 Å². The number of hydrogen-bond acceptors (Lipinski definition) is 9. The molecule has 0 radical (unpaired) electrons. The number of carbonyl (C=O) groups is 2. The topological polar surface area (TPSA) is 98.8 Å². The van der Waals surface area contributed by atoms with Crippen molar-refractivity contribution in [3.05, 3.63) is 41.0 Å². The van der Waals surface area contributed by atoms with E-state index in [0.717, 1.165) is 11.1 Å². The molecule has 0 amide bonds. The monoisotopic (exact) mass is 506 g/mol. The van der Waals surface area contributed by atoms with Crippen LogP contribution < -0.4 is 23.7 Å². The second-order valence-corrected chi connectivity index (χ2v) is 8.40. The second kappa shape index (κ2) is 10.1. The second-order valence-electron chi connectivity index (χ2n) is 8.14. The van der Waals surface area contributed by atoms with Gasteiger partial charge in [0.15, 0.2) is 23.0 Å². The van der Waals surface area contributed by atoms with Gasteiger partial charge in [-0.2, -0.15) is 0 Å². The minimum Gasteiger partial charge on any atom is -0.493 e. The third-order valence-corrected chi connectivity index (χ3v) is 6.76. The predicted octanol–water partition coefficient (Wildman–Crippen LogP) is 3.49. The van der Waals surface area contributed by atoms with Crippen LogP contribution in [0.5, 0.6) is 28.7 Å². The van der Waals surface area contributed by atoms with Crippen LogP contribution in [0.4, 0.5) is 0 Å². The molecule has 2 aliphatic rings. The Morgan fingerprint density at radius 1 is 0.886 bits per heavy atom. The minimum atomic E-state index is -0.759. The normalized spacial score (nSPS) is 22.4. The molecule has 1 fully saturated rings. The van der Waals surface area contributed by atoms with Crippen LogP contribution in [0.25, 0.3) is 0 Å². The molecule has 0 saturated carbocycles. The summed E-state index contributed by atoms with van der Waals surface area (Å²) in [5.74, 6) is -0.608. The van der Waals surface area contributed by atoms with Gasteiger partial charge in [0.2, 0.25) is 5.75 Å². The van der Waals surface area contributed by atoms with E-state index in [9.17, 15) is 9.59 Å². The van der Waals surface area contributed by atoms with Crippen molar-refractivity contribution < 1.29 is 42.7 Å². The number of benzene rings is 2. The minimum absolute atomic E-state index is 0.0957. The van der Waals surface area contributed by atoms with Gasteiger partial charge in [0.05, 0.1) is 48.1 Å². The number of rotatable bonds is 8. The molecule has 0 bridgehead atoms. The van der Waals surface area contributed by atoms with E-state index in [1.165, 1.54) is 35.5 Å². The van der Waals surface area contributed by atoms with E-state index in [0.29, 0.717) is 34.3 Å². The zero-order chi connectivity index (χ0) is 25.3. The largest absolute Gasteiger partial charge is 0.493 e. The van der Waals surface area contributed by atoms with Crippen molar-refractivity contribution in [1.82, 2.24) is 0 Å². The van der Waals surface area contributed by atoms with Crippen molar-refractivity contribution in [2.75, 3.05) is 48.0 Å². The van der Waals surface area contributed by atoms with Crippen molar-refractivity contribution in [1.29, 1.82) is 0 Å². The highest BCUT2D eigenvalue weighted by Crippen LogP contribution is 2.56. The van der Waals surface area contributed by atoms with Gasteiger partial charge in [0.25, 0.3) is 0 Å². The van der Waals surface area contributed by atoms with E-state index >= 15 is 0 Å². The van der Waals surface area contributed by atoms with Gasteiger partial charge in [-0.15, -0.1) is 11.6 Å². The smallest absolute Gasteiger partial charge is 0.321 e. The molecule has 4 atom stereocenters. The summed E-state index contributed by atoms with van der Waals surface area (Å²) in [6.07, 6.45) is -0.759. The maximum Gasteiger partial charge on any atom is 0.321 e. The van der Waals surface area contributed by atoms with Gasteiger partial charge in [0, 0.05) is 17.4 Å². The Labute approximate surface area is 208 Å². The highest BCUT2D eigenvalue weighted by Gasteiger charge is 2.54. The van der Waals surface area contributed by atoms with Gasteiger partial charge in [-0.25, -0.2) is 0 Å². The van der Waals surface area contributed by atoms with Gasteiger partial charge in [-0.05, 0) is 35.4 Å². The number of cyclic esters (lactones) is 1. The summed E-state index contributed by atoms with van der Waals surface area (Å²) in [6.45, 7) is 0.0957. The molecule has 0 N–H and O–H groups in total. The zero-order valence-electron chi connectivity index (χ0n) is 20.1. The van der Waals surface area contributed by atoms with Crippen molar-refractivity contribution in [2.24, 2.45) is 11.8 Å². The third-order valence-electron chi connectivity index (χ3n) is 6.54. The lowest BCUT2D eigenvalue weighted by Gasteiger charge is -2.39. The fourth-order valence-electron chi connectivity index (χ4n) is 5.05. The van der Waals surface area contributed by atoms with E-state index < -0.39 is 29.8 Å². The number of esters is 2. The first kappa shape index (κ1) is 24.8. The van der Waals surface area contributed by atoms with Crippen molar-refractivity contribution >= 4 is 23.5 Å². The van der Waals surface area contributed by atoms with Crippen molar-refractivity contribution in [3.63, 3.8) is 0 Å². The molecule has 2 aromatic rings. The quantitative estimate of drug-likeness (QED) is 0.393. The molecule has 1 aliphatic heterocycles. The van der Waals surface area contributed by atoms with Gasteiger partial charge in [0.1, 0.15) is 12.0 Å². The van der Waals surface area contributed by atoms with E-state index in [1.54, 1.807) is 24.3 Å². The van der Waals surface area contributed by atoms with E-state index in [4.69, 9.17) is 44.8 Å². The van der Waals surface area contributed by atoms with Crippen LogP contribution in [0.3, 0.4) is 0 Å². The lowest BCUT2D eigenvalue weighted by Crippen LogP contribution is -2.36. The molecule has 0 aromatic heterocycles. The first-order chi connectivity index (χ1) is 16.9. The third kappa shape index (κ3) is 4.18.